The van der Waals surface area contributed by atoms with Crippen LogP contribution in [-0.2, 0) is 0 Å². The maximum atomic E-state index is 4.81. The number of pyridine rings is 3. The second kappa shape index (κ2) is 11.4. The summed E-state index contributed by atoms with van der Waals surface area (Å²) >= 11 is 0. The molecule has 0 saturated carbocycles. The Morgan fingerprint density at radius 3 is 1.78 bits per heavy atom. The summed E-state index contributed by atoms with van der Waals surface area (Å²) in [5, 5.41) is 3.55. The van der Waals surface area contributed by atoms with Gasteiger partial charge in [0.25, 0.3) is 0 Å². The molecule has 0 radical (unpaired) electrons. The fourth-order valence-electron chi connectivity index (χ4n) is 7.50. The maximum absolute atomic E-state index is 4.81. The molecule has 0 N–H and O–H groups in total. The van der Waals surface area contributed by atoms with Crippen molar-refractivity contribution in [3.8, 4) is 45.0 Å². The number of hydrogen-bond acceptors (Lipinski definition) is 3. The van der Waals surface area contributed by atoms with Crippen molar-refractivity contribution in [2.24, 2.45) is 0 Å². The standard InChI is InChI=1S/C45H29N5/c1-2-12-33(13-3-1)49-42-20-11-25-48-45(42)37-22-21-30(29-43(37)49)35-15-10-19-41-44(35)36-14-4-5-18-40(36)50(41)34-27-31(38-16-6-8-23-46-38)26-32(28-34)39-17-7-9-24-47-39/h1-29H. The van der Waals surface area contributed by atoms with Gasteiger partial charge in [-0.25, -0.2) is 0 Å². The summed E-state index contributed by atoms with van der Waals surface area (Å²) in [6.45, 7) is 0. The van der Waals surface area contributed by atoms with Gasteiger partial charge < -0.3 is 9.13 Å². The van der Waals surface area contributed by atoms with Crippen molar-refractivity contribution in [1.29, 1.82) is 0 Å². The van der Waals surface area contributed by atoms with Crippen molar-refractivity contribution in [3.05, 3.63) is 176 Å². The fraction of sp³-hybridized carbons (Fsp3) is 0. The molecule has 5 heteroatoms. The van der Waals surface area contributed by atoms with E-state index >= 15 is 0 Å². The summed E-state index contributed by atoms with van der Waals surface area (Å²) in [7, 11) is 0. The number of para-hydroxylation sites is 2. The maximum Gasteiger partial charge on any atom is 0.0963 e. The summed E-state index contributed by atoms with van der Waals surface area (Å²) in [5.74, 6) is 0. The Morgan fingerprint density at radius 2 is 1.02 bits per heavy atom. The van der Waals surface area contributed by atoms with E-state index in [2.05, 4.69) is 137 Å². The zero-order valence-corrected chi connectivity index (χ0v) is 27.0. The van der Waals surface area contributed by atoms with E-state index in [1.165, 1.54) is 16.3 Å². The minimum absolute atomic E-state index is 0.921. The van der Waals surface area contributed by atoms with Crippen LogP contribution in [0.15, 0.2) is 176 Å². The predicted molar refractivity (Wildman–Crippen MR) is 205 cm³/mol. The Labute approximate surface area is 288 Å². The van der Waals surface area contributed by atoms with E-state index in [4.69, 9.17) is 15.0 Å². The monoisotopic (exact) mass is 639 g/mol. The van der Waals surface area contributed by atoms with Crippen LogP contribution in [-0.4, -0.2) is 24.1 Å². The van der Waals surface area contributed by atoms with Crippen LogP contribution >= 0.6 is 0 Å². The Morgan fingerprint density at radius 1 is 0.360 bits per heavy atom. The van der Waals surface area contributed by atoms with Gasteiger partial charge in [0.2, 0.25) is 0 Å². The Balaban J connectivity index is 1.24. The van der Waals surface area contributed by atoms with Gasteiger partial charge >= 0.3 is 0 Å². The summed E-state index contributed by atoms with van der Waals surface area (Å²) in [5.41, 5.74) is 13.9. The number of aromatic nitrogens is 5. The highest BCUT2D eigenvalue weighted by molar-refractivity contribution is 6.17. The molecule has 0 aliphatic heterocycles. The van der Waals surface area contributed by atoms with Gasteiger partial charge in [0.15, 0.2) is 0 Å². The third-order valence-corrected chi connectivity index (χ3v) is 9.64. The Kier molecular flexibility index (Phi) is 6.42. The molecule has 10 rings (SSSR count). The molecular formula is C45H29N5. The van der Waals surface area contributed by atoms with E-state index in [0.717, 1.165) is 72.4 Å². The number of rotatable bonds is 5. The number of hydrogen-bond donors (Lipinski definition) is 0. The van der Waals surface area contributed by atoms with Crippen molar-refractivity contribution in [1.82, 2.24) is 24.1 Å². The first-order valence-corrected chi connectivity index (χ1v) is 16.8. The van der Waals surface area contributed by atoms with Crippen LogP contribution in [0.4, 0.5) is 0 Å². The average Bonchev–Trinajstić information content (AvgIpc) is 3.71. The fourth-order valence-corrected chi connectivity index (χ4v) is 7.50. The number of benzene rings is 5. The van der Waals surface area contributed by atoms with Gasteiger partial charge in [0, 0.05) is 57.3 Å². The van der Waals surface area contributed by atoms with Crippen molar-refractivity contribution in [2.45, 2.75) is 0 Å². The quantitative estimate of drug-likeness (QED) is 0.188. The van der Waals surface area contributed by atoms with Gasteiger partial charge in [-0.15, -0.1) is 0 Å². The first-order chi connectivity index (χ1) is 24.8. The van der Waals surface area contributed by atoms with Crippen LogP contribution in [0.5, 0.6) is 0 Å². The Hall–Kier alpha value is -6.85. The lowest BCUT2D eigenvalue weighted by Crippen LogP contribution is -1.97. The Bertz CT molecular complexity index is 2800. The van der Waals surface area contributed by atoms with Crippen LogP contribution in [0.2, 0.25) is 0 Å². The smallest absolute Gasteiger partial charge is 0.0963 e. The van der Waals surface area contributed by atoms with Crippen LogP contribution in [0, 0.1) is 0 Å². The van der Waals surface area contributed by atoms with Crippen molar-refractivity contribution in [2.75, 3.05) is 0 Å². The van der Waals surface area contributed by atoms with Crippen LogP contribution in [0.25, 0.3) is 88.8 Å². The van der Waals surface area contributed by atoms with E-state index < -0.39 is 0 Å². The number of fused-ring (bicyclic) bond motifs is 6. The van der Waals surface area contributed by atoms with Crippen LogP contribution in [0.3, 0.4) is 0 Å². The minimum atomic E-state index is 0.921. The molecule has 5 aromatic heterocycles. The molecule has 0 bridgehead atoms. The van der Waals surface area contributed by atoms with Gasteiger partial charge in [0.1, 0.15) is 0 Å². The van der Waals surface area contributed by atoms with E-state index in [1.807, 2.05) is 48.9 Å². The van der Waals surface area contributed by atoms with Gasteiger partial charge in [-0.2, -0.15) is 0 Å². The summed E-state index contributed by atoms with van der Waals surface area (Å²) in [6, 6.07) is 55.6. The third kappa shape index (κ3) is 4.45. The van der Waals surface area contributed by atoms with Crippen LogP contribution < -0.4 is 0 Å². The zero-order valence-electron chi connectivity index (χ0n) is 27.0. The van der Waals surface area contributed by atoms with E-state index in [9.17, 15) is 0 Å². The van der Waals surface area contributed by atoms with Crippen molar-refractivity contribution >= 4 is 43.7 Å². The van der Waals surface area contributed by atoms with Crippen molar-refractivity contribution < 1.29 is 0 Å². The van der Waals surface area contributed by atoms with E-state index in [1.54, 1.807) is 0 Å². The molecule has 0 unspecified atom stereocenters. The lowest BCUT2D eigenvalue weighted by Gasteiger charge is -2.13. The normalized spacial score (nSPS) is 11.6. The highest BCUT2D eigenvalue weighted by atomic mass is 15.0. The summed E-state index contributed by atoms with van der Waals surface area (Å²) in [4.78, 5) is 14.2. The lowest BCUT2D eigenvalue weighted by atomic mass is 9.98. The SMILES string of the molecule is c1ccc(-n2c3cc(-c4cccc5c4c4ccccc4n5-c4cc(-c5ccccn5)cc(-c5ccccn5)c4)ccc3c3ncccc32)cc1. The molecule has 0 aliphatic rings. The second-order valence-electron chi connectivity index (χ2n) is 12.5. The first-order valence-electron chi connectivity index (χ1n) is 16.8. The van der Waals surface area contributed by atoms with E-state index in [0.29, 0.717) is 0 Å². The predicted octanol–water partition coefficient (Wildman–Crippen LogP) is 11.1. The highest BCUT2D eigenvalue weighted by Crippen LogP contribution is 2.41. The first kappa shape index (κ1) is 28.2. The molecule has 234 valence electrons. The van der Waals surface area contributed by atoms with Crippen LogP contribution in [0.1, 0.15) is 0 Å². The second-order valence-corrected chi connectivity index (χ2v) is 12.5. The number of nitrogens with zero attached hydrogens (tertiary/aromatic N) is 5. The zero-order chi connectivity index (χ0) is 33.0. The highest BCUT2D eigenvalue weighted by Gasteiger charge is 2.19. The molecule has 0 amide bonds. The molecule has 5 nitrogen and oxygen atoms in total. The molecule has 0 atom stereocenters. The molecule has 5 aromatic carbocycles. The van der Waals surface area contributed by atoms with Crippen molar-refractivity contribution in [3.63, 3.8) is 0 Å². The molecular weight excluding hydrogens is 611 g/mol. The molecule has 0 aliphatic carbocycles. The average molecular weight is 640 g/mol. The topological polar surface area (TPSA) is 48.5 Å². The summed E-state index contributed by atoms with van der Waals surface area (Å²) < 4.78 is 4.71. The largest absolute Gasteiger partial charge is 0.309 e. The van der Waals surface area contributed by atoms with Gasteiger partial charge in [-0.1, -0.05) is 66.7 Å². The molecule has 0 fully saturated rings. The van der Waals surface area contributed by atoms with Gasteiger partial charge in [0.05, 0.1) is 39.0 Å². The molecule has 10 aromatic rings. The molecule has 5 heterocycles. The molecule has 50 heavy (non-hydrogen) atoms. The lowest BCUT2D eigenvalue weighted by molar-refractivity contribution is 1.17. The molecule has 0 saturated heterocycles. The minimum Gasteiger partial charge on any atom is -0.309 e. The molecule has 0 spiro atoms. The third-order valence-electron chi connectivity index (χ3n) is 9.64. The van der Waals surface area contributed by atoms with Gasteiger partial charge in [-0.3, -0.25) is 15.0 Å². The van der Waals surface area contributed by atoms with Gasteiger partial charge in [-0.05, 0) is 102 Å². The van der Waals surface area contributed by atoms with E-state index in [-0.39, 0.29) is 0 Å². The summed E-state index contributed by atoms with van der Waals surface area (Å²) in [6.07, 6.45) is 5.57.